The van der Waals surface area contributed by atoms with Crippen LogP contribution in [0.15, 0.2) is 18.2 Å². The molecule has 0 atom stereocenters. The van der Waals surface area contributed by atoms with Crippen molar-refractivity contribution >= 4 is 16.7 Å². The number of carbonyl (C=O) groups is 1. The minimum absolute atomic E-state index is 0.224. The van der Waals surface area contributed by atoms with Gasteiger partial charge in [0.2, 0.25) is 0 Å². The summed E-state index contributed by atoms with van der Waals surface area (Å²) >= 11 is 0. The SMILES string of the molecule is Cn1nc2ccc[c]c2c1C(=O)C1CC1. The van der Waals surface area contributed by atoms with E-state index in [9.17, 15) is 4.79 Å². The van der Waals surface area contributed by atoms with Crippen molar-refractivity contribution in [1.82, 2.24) is 9.78 Å². The van der Waals surface area contributed by atoms with Gasteiger partial charge < -0.3 is 0 Å². The van der Waals surface area contributed by atoms with Crippen molar-refractivity contribution in [2.24, 2.45) is 13.0 Å². The van der Waals surface area contributed by atoms with Crippen molar-refractivity contribution in [1.29, 1.82) is 0 Å². The van der Waals surface area contributed by atoms with Gasteiger partial charge in [0.05, 0.1) is 5.52 Å². The van der Waals surface area contributed by atoms with Crippen LogP contribution in [0.3, 0.4) is 0 Å². The van der Waals surface area contributed by atoms with Gasteiger partial charge in [-0.15, -0.1) is 0 Å². The summed E-state index contributed by atoms with van der Waals surface area (Å²) < 4.78 is 1.68. The quantitative estimate of drug-likeness (QED) is 0.693. The van der Waals surface area contributed by atoms with Crippen LogP contribution in [0.4, 0.5) is 0 Å². The van der Waals surface area contributed by atoms with E-state index in [0.29, 0.717) is 5.69 Å². The predicted molar refractivity (Wildman–Crippen MR) is 56.6 cm³/mol. The summed E-state index contributed by atoms with van der Waals surface area (Å²) in [5.41, 5.74) is 1.57. The average Bonchev–Trinajstić information content (AvgIpc) is 3.00. The Kier molecular flexibility index (Phi) is 1.69. The molecule has 75 valence electrons. The van der Waals surface area contributed by atoms with E-state index in [0.717, 1.165) is 23.7 Å². The number of carbonyl (C=O) groups excluding carboxylic acids is 1. The molecule has 1 heterocycles. The molecule has 3 nitrogen and oxygen atoms in total. The molecule has 1 saturated carbocycles. The zero-order valence-electron chi connectivity index (χ0n) is 8.53. The lowest BCUT2D eigenvalue weighted by molar-refractivity contribution is 0.0960. The van der Waals surface area contributed by atoms with Crippen LogP contribution in [0.25, 0.3) is 10.9 Å². The van der Waals surface area contributed by atoms with E-state index in [-0.39, 0.29) is 11.7 Å². The summed E-state index contributed by atoms with van der Waals surface area (Å²) in [4.78, 5) is 12.0. The average molecular weight is 199 g/mol. The van der Waals surface area contributed by atoms with Crippen LogP contribution in [0.1, 0.15) is 23.3 Å². The maximum atomic E-state index is 12.0. The van der Waals surface area contributed by atoms with Crippen LogP contribution in [0.5, 0.6) is 0 Å². The summed E-state index contributed by atoms with van der Waals surface area (Å²) in [6, 6.07) is 8.73. The third-order valence-corrected chi connectivity index (χ3v) is 2.83. The van der Waals surface area contributed by atoms with Crippen LogP contribution in [-0.2, 0) is 7.05 Å². The topological polar surface area (TPSA) is 34.9 Å². The van der Waals surface area contributed by atoms with Gasteiger partial charge in [-0.2, -0.15) is 5.10 Å². The fraction of sp³-hybridized carbons (Fsp3) is 0.333. The molecule has 0 amide bonds. The summed E-state index contributed by atoms with van der Waals surface area (Å²) in [6.07, 6.45) is 2.05. The first-order chi connectivity index (χ1) is 7.27. The largest absolute Gasteiger partial charge is 0.292 e. The van der Waals surface area contributed by atoms with Gasteiger partial charge in [-0.1, -0.05) is 12.1 Å². The van der Waals surface area contributed by atoms with Crippen molar-refractivity contribution in [2.45, 2.75) is 12.8 Å². The van der Waals surface area contributed by atoms with Crippen LogP contribution in [-0.4, -0.2) is 15.6 Å². The van der Waals surface area contributed by atoms with Crippen LogP contribution in [0, 0.1) is 12.0 Å². The van der Waals surface area contributed by atoms with E-state index < -0.39 is 0 Å². The number of Topliss-reactive ketones (excluding diaryl/α,β-unsaturated/α-hetero) is 1. The third-order valence-electron chi connectivity index (χ3n) is 2.83. The predicted octanol–water partition coefficient (Wildman–Crippen LogP) is 1.97. The Morgan fingerprint density at radius 1 is 1.60 bits per heavy atom. The zero-order valence-corrected chi connectivity index (χ0v) is 8.53. The van der Waals surface area contributed by atoms with Crippen molar-refractivity contribution in [3.05, 3.63) is 30.0 Å². The fourth-order valence-corrected chi connectivity index (χ4v) is 1.90. The molecule has 0 saturated heterocycles. The Labute approximate surface area is 87.7 Å². The van der Waals surface area contributed by atoms with Gasteiger partial charge in [-0.25, -0.2) is 0 Å². The highest BCUT2D eigenvalue weighted by atomic mass is 16.1. The zero-order chi connectivity index (χ0) is 10.4. The summed E-state index contributed by atoms with van der Waals surface area (Å²) in [5, 5.41) is 5.17. The van der Waals surface area contributed by atoms with E-state index in [4.69, 9.17) is 0 Å². The Bertz CT molecular complexity index is 538. The molecule has 3 rings (SSSR count). The number of hydrogen-bond donors (Lipinski definition) is 0. The van der Waals surface area contributed by atoms with Gasteiger partial charge in [-0.05, 0) is 25.0 Å². The van der Waals surface area contributed by atoms with Gasteiger partial charge in [0.25, 0.3) is 0 Å². The maximum absolute atomic E-state index is 12.0. The molecule has 0 spiro atoms. The lowest BCUT2D eigenvalue weighted by atomic mass is 10.1. The molecule has 3 heteroatoms. The number of fused-ring (bicyclic) bond motifs is 1. The number of nitrogens with zero attached hydrogens (tertiary/aromatic N) is 2. The van der Waals surface area contributed by atoms with Crippen LogP contribution < -0.4 is 0 Å². The van der Waals surface area contributed by atoms with E-state index in [2.05, 4.69) is 11.2 Å². The highest BCUT2D eigenvalue weighted by Crippen LogP contribution is 2.34. The molecule has 1 aromatic heterocycles. The molecular weight excluding hydrogens is 188 g/mol. The van der Waals surface area contributed by atoms with Crippen molar-refractivity contribution in [2.75, 3.05) is 0 Å². The number of hydrogen-bond acceptors (Lipinski definition) is 2. The first-order valence-corrected chi connectivity index (χ1v) is 5.15. The molecule has 15 heavy (non-hydrogen) atoms. The second-order valence-electron chi connectivity index (χ2n) is 4.04. The molecule has 2 aromatic rings. The number of ketones is 1. The van der Waals surface area contributed by atoms with Crippen LogP contribution in [0.2, 0.25) is 0 Å². The van der Waals surface area contributed by atoms with Crippen LogP contribution >= 0.6 is 0 Å². The van der Waals surface area contributed by atoms with E-state index in [1.807, 2.05) is 25.2 Å². The van der Waals surface area contributed by atoms with Crippen molar-refractivity contribution in [3.8, 4) is 0 Å². The lowest BCUT2D eigenvalue weighted by Crippen LogP contribution is -2.08. The van der Waals surface area contributed by atoms with Gasteiger partial charge in [0.15, 0.2) is 5.78 Å². The molecule has 1 fully saturated rings. The minimum atomic E-state index is 0.224. The smallest absolute Gasteiger partial charge is 0.184 e. The van der Waals surface area contributed by atoms with Crippen molar-refractivity contribution in [3.63, 3.8) is 0 Å². The molecule has 0 aliphatic heterocycles. The highest BCUT2D eigenvalue weighted by Gasteiger charge is 2.33. The maximum Gasteiger partial charge on any atom is 0.184 e. The Morgan fingerprint density at radius 2 is 2.40 bits per heavy atom. The molecule has 0 unspecified atom stereocenters. The molecule has 1 radical (unpaired) electrons. The second-order valence-corrected chi connectivity index (χ2v) is 4.04. The third kappa shape index (κ3) is 1.27. The summed E-state index contributed by atoms with van der Waals surface area (Å²) in [7, 11) is 1.82. The van der Waals surface area contributed by atoms with E-state index in [1.54, 1.807) is 4.68 Å². The van der Waals surface area contributed by atoms with Gasteiger partial charge in [0, 0.05) is 18.4 Å². The van der Waals surface area contributed by atoms with Gasteiger partial charge in [0.1, 0.15) is 5.69 Å². The monoisotopic (exact) mass is 199 g/mol. The van der Waals surface area contributed by atoms with Gasteiger partial charge in [-0.3, -0.25) is 9.48 Å². The standard InChI is InChI=1S/C12H11N2O/c1-14-11(12(15)8-6-7-8)9-4-2-3-5-10(9)13-14/h2-3,5,8H,6-7H2,1H3. The summed E-state index contributed by atoms with van der Waals surface area (Å²) in [6.45, 7) is 0. The number of aromatic nitrogens is 2. The minimum Gasteiger partial charge on any atom is -0.292 e. The lowest BCUT2D eigenvalue weighted by Gasteiger charge is -1.99. The molecule has 0 bridgehead atoms. The normalized spacial score (nSPS) is 15.8. The summed E-state index contributed by atoms with van der Waals surface area (Å²) in [5.74, 6) is 0.458. The fourth-order valence-electron chi connectivity index (χ4n) is 1.90. The Balaban J connectivity index is 2.23. The molecule has 0 N–H and O–H groups in total. The molecule has 1 aliphatic rings. The molecule has 1 aromatic carbocycles. The highest BCUT2D eigenvalue weighted by molar-refractivity contribution is 6.07. The molecule has 1 aliphatic carbocycles. The van der Waals surface area contributed by atoms with Crippen molar-refractivity contribution < 1.29 is 4.79 Å². The van der Waals surface area contributed by atoms with Gasteiger partial charge >= 0.3 is 0 Å². The first-order valence-electron chi connectivity index (χ1n) is 5.15. The Morgan fingerprint density at radius 3 is 3.13 bits per heavy atom. The Hall–Kier alpha value is -1.64. The molecular formula is C12H11N2O. The van der Waals surface area contributed by atoms with E-state index >= 15 is 0 Å². The van der Waals surface area contributed by atoms with E-state index in [1.165, 1.54) is 0 Å². The second kappa shape index (κ2) is 2.92. The number of rotatable bonds is 2. The first kappa shape index (κ1) is 8.65. The number of benzene rings is 1. The number of aryl methyl sites for hydroxylation is 1.